The summed E-state index contributed by atoms with van der Waals surface area (Å²) in [6, 6.07) is 10.2. The summed E-state index contributed by atoms with van der Waals surface area (Å²) in [5.41, 5.74) is 7.59. The molecular formula is C23H36BNO2. The van der Waals surface area contributed by atoms with Crippen LogP contribution in [0.5, 0.6) is 0 Å². The predicted octanol–water partition coefficient (Wildman–Crippen LogP) is 4.83. The van der Waals surface area contributed by atoms with Crippen LogP contribution in [0.1, 0.15) is 57.9 Å². The second-order valence-electron chi connectivity index (χ2n) is 6.33. The first-order chi connectivity index (χ1) is 13.4. The van der Waals surface area contributed by atoms with E-state index in [1.807, 2.05) is 63.2 Å². The third-order valence-electron chi connectivity index (χ3n) is 4.16. The quantitative estimate of drug-likeness (QED) is 0.424. The van der Waals surface area contributed by atoms with Crippen LogP contribution in [0.25, 0.3) is 0 Å². The first kappa shape index (κ1) is 23.4. The average Bonchev–Trinajstić information content (AvgIpc) is 2.96. The van der Waals surface area contributed by atoms with E-state index >= 15 is 0 Å². The summed E-state index contributed by atoms with van der Waals surface area (Å²) in [4.78, 5) is 0. The van der Waals surface area contributed by atoms with Crippen LogP contribution in [0.15, 0.2) is 54.5 Å². The number of unbranched alkanes of at least 4 members (excludes halogenated alkanes) is 5. The number of benzene rings is 1. The van der Waals surface area contributed by atoms with Gasteiger partial charge in [0.15, 0.2) is 0 Å². The van der Waals surface area contributed by atoms with Gasteiger partial charge in [-0.15, -0.1) is 0 Å². The monoisotopic (exact) mass is 369 g/mol. The Morgan fingerprint density at radius 2 is 1.63 bits per heavy atom. The average molecular weight is 369 g/mol. The normalized spacial score (nSPS) is 15.2. The molecule has 0 radical (unpaired) electrons. The van der Waals surface area contributed by atoms with Crippen molar-refractivity contribution >= 4 is 12.6 Å². The van der Waals surface area contributed by atoms with Crippen molar-refractivity contribution in [1.82, 2.24) is 0 Å². The van der Waals surface area contributed by atoms with Gasteiger partial charge in [0.1, 0.15) is 0 Å². The molecule has 1 unspecified atom stereocenters. The van der Waals surface area contributed by atoms with Gasteiger partial charge in [0.05, 0.1) is 0 Å². The van der Waals surface area contributed by atoms with Crippen LogP contribution in [0.3, 0.4) is 0 Å². The van der Waals surface area contributed by atoms with Crippen LogP contribution in [-0.4, -0.2) is 31.8 Å². The van der Waals surface area contributed by atoms with Gasteiger partial charge in [-0.05, 0) is 0 Å². The van der Waals surface area contributed by atoms with Gasteiger partial charge in [-0.3, -0.25) is 0 Å². The minimum atomic E-state index is -0.0138. The fraction of sp³-hybridized carbons (Fsp3) is 0.522. The Morgan fingerprint density at radius 3 is 2.37 bits per heavy atom. The molecule has 1 aliphatic rings. The summed E-state index contributed by atoms with van der Waals surface area (Å²) in [7, 11) is 0. The van der Waals surface area contributed by atoms with E-state index in [0.717, 1.165) is 31.6 Å². The third kappa shape index (κ3) is 11.6. The van der Waals surface area contributed by atoms with Gasteiger partial charge in [0, 0.05) is 0 Å². The van der Waals surface area contributed by atoms with E-state index in [1.54, 1.807) is 0 Å². The van der Waals surface area contributed by atoms with Crippen LogP contribution >= 0.6 is 0 Å². The zero-order valence-corrected chi connectivity index (χ0v) is 17.1. The Labute approximate surface area is 166 Å². The van der Waals surface area contributed by atoms with E-state index in [0.29, 0.717) is 6.61 Å². The maximum absolute atomic E-state index is 5.92. The summed E-state index contributed by atoms with van der Waals surface area (Å²) in [6.07, 6.45) is 13.4. The fourth-order valence-electron chi connectivity index (χ4n) is 2.69. The van der Waals surface area contributed by atoms with Crippen LogP contribution in [-0.2, 0) is 16.1 Å². The molecule has 1 heterocycles. The van der Waals surface area contributed by atoms with E-state index in [-0.39, 0.29) is 6.10 Å². The molecule has 0 amide bonds. The summed E-state index contributed by atoms with van der Waals surface area (Å²) < 4.78 is 11.8. The van der Waals surface area contributed by atoms with Gasteiger partial charge < -0.3 is 0 Å². The Bertz CT molecular complexity index is 555. The Kier molecular flexibility index (Phi) is 14.3. The summed E-state index contributed by atoms with van der Waals surface area (Å²) in [6.45, 7) is 8.20. The molecule has 1 aliphatic heterocycles. The van der Waals surface area contributed by atoms with E-state index in [9.17, 15) is 0 Å². The molecule has 0 aromatic heterocycles. The van der Waals surface area contributed by atoms with Crippen molar-refractivity contribution in [2.45, 2.75) is 65.1 Å². The molecule has 2 N–H and O–H groups in total. The zero-order valence-electron chi connectivity index (χ0n) is 17.1. The number of nitrogens with two attached hydrogens (primary N) is 1. The summed E-state index contributed by atoms with van der Waals surface area (Å²) >= 11 is 0. The Balaban J connectivity index is 0.00000176. The van der Waals surface area contributed by atoms with Crippen LogP contribution < -0.4 is 5.73 Å². The molecule has 148 valence electrons. The molecule has 0 saturated carbocycles. The number of hydrogen-bond donors (Lipinski definition) is 1. The van der Waals surface area contributed by atoms with Gasteiger partial charge in [0.25, 0.3) is 0 Å². The van der Waals surface area contributed by atoms with Gasteiger partial charge in [0.2, 0.25) is 0 Å². The predicted molar refractivity (Wildman–Crippen MR) is 118 cm³/mol. The van der Waals surface area contributed by atoms with Crippen LogP contribution in [0.4, 0.5) is 0 Å². The fourth-order valence-corrected chi connectivity index (χ4v) is 2.69. The topological polar surface area (TPSA) is 44.5 Å². The SMILES string of the molecule is CC.NCCCCCCCCOC1=BC=CC(OCc2ccccc2)C=C1. The molecule has 0 bridgehead atoms. The molecule has 0 fully saturated rings. The first-order valence-corrected chi connectivity index (χ1v) is 10.4. The van der Waals surface area contributed by atoms with Crippen molar-refractivity contribution in [3.63, 3.8) is 0 Å². The Hall–Kier alpha value is -1.65. The van der Waals surface area contributed by atoms with Gasteiger partial charge in [-0.2, -0.15) is 0 Å². The van der Waals surface area contributed by atoms with Gasteiger partial charge >= 0.3 is 152 Å². The van der Waals surface area contributed by atoms with Gasteiger partial charge in [-0.25, -0.2) is 0 Å². The first-order valence-electron chi connectivity index (χ1n) is 10.4. The zero-order chi connectivity index (χ0) is 19.6. The molecule has 0 spiro atoms. The third-order valence-corrected chi connectivity index (χ3v) is 4.16. The number of ether oxygens (including phenoxy) is 2. The van der Waals surface area contributed by atoms with E-state index in [4.69, 9.17) is 15.2 Å². The van der Waals surface area contributed by atoms with Crippen molar-refractivity contribution < 1.29 is 9.47 Å². The molecular weight excluding hydrogens is 333 g/mol. The second-order valence-corrected chi connectivity index (χ2v) is 6.33. The molecule has 0 aliphatic carbocycles. The molecule has 27 heavy (non-hydrogen) atoms. The van der Waals surface area contributed by atoms with Crippen molar-refractivity contribution in [3.8, 4) is 0 Å². The minimum absolute atomic E-state index is 0.0138. The van der Waals surface area contributed by atoms with E-state index < -0.39 is 0 Å². The van der Waals surface area contributed by atoms with Crippen molar-refractivity contribution in [2.75, 3.05) is 13.2 Å². The van der Waals surface area contributed by atoms with Crippen molar-refractivity contribution in [1.29, 1.82) is 0 Å². The Morgan fingerprint density at radius 1 is 0.926 bits per heavy atom. The molecule has 1 atom stereocenters. The molecule has 0 saturated heterocycles. The standard InChI is InChI=1S/C21H30BNO2.C2H6/c23-16-8-3-1-2-4-9-17-24-21-13-12-20(14-15-22-21)25-18-19-10-6-5-7-11-19;1-2/h5-7,10-15,20H,1-4,8-9,16-18,23H2;1-2H3. The van der Waals surface area contributed by atoms with Gasteiger partial charge in [-0.1, -0.05) is 13.8 Å². The maximum atomic E-state index is 5.92. The van der Waals surface area contributed by atoms with Crippen molar-refractivity contribution in [3.05, 3.63) is 60.1 Å². The second kappa shape index (κ2) is 16.5. The molecule has 4 heteroatoms. The number of hydrogen-bond acceptors (Lipinski definition) is 3. The number of rotatable bonds is 12. The molecule has 2 rings (SSSR count). The molecule has 1 aromatic carbocycles. The van der Waals surface area contributed by atoms with Crippen LogP contribution in [0.2, 0.25) is 0 Å². The summed E-state index contributed by atoms with van der Waals surface area (Å²) in [5, 5.41) is 0. The molecule has 3 nitrogen and oxygen atoms in total. The van der Waals surface area contributed by atoms with Crippen LogP contribution in [0, 0.1) is 0 Å². The van der Waals surface area contributed by atoms with E-state index in [2.05, 4.69) is 12.1 Å². The van der Waals surface area contributed by atoms with Crippen molar-refractivity contribution in [2.24, 2.45) is 5.73 Å². The molecule has 1 aromatic rings. The van der Waals surface area contributed by atoms with E-state index in [1.165, 1.54) is 31.2 Å². The summed E-state index contributed by atoms with van der Waals surface area (Å²) in [5.74, 6) is 2.01.